The third-order valence-corrected chi connectivity index (χ3v) is 5.45. The Bertz CT molecular complexity index is 851. The van der Waals surface area contributed by atoms with Crippen LogP contribution in [0.2, 0.25) is 0 Å². The number of ether oxygens (including phenoxy) is 1. The maximum atomic E-state index is 12.3. The fourth-order valence-corrected chi connectivity index (χ4v) is 3.65. The van der Waals surface area contributed by atoms with Gasteiger partial charge in [0.1, 0.15) is 5.75 Å². The summed E-state index contributed by atoms with van der Waals surface area (Å²) < 4.78 is 32.3. The average molecular weight is 376 g/mol. The molecule has 1 N–H and O–H groups in total. The van der Waals surface area contributed by atoms with Crippen molar-refractivity contribution in [2.75, 3.05) is 20.7 Å². The number of amides is 1. The molecule has 0 aliphatic rings. The number of sulfonamides is 1. The second-order valence-corrected chi connectivity index (χ2v) is 7.78. The lowest BCUT2D eigenvalue weighted by Crippen LogP contribution is -2.32. The summed E-state index contributed by atoms with van der Waals surface area (Å²) in [7, 11) is -0.425. The van der Waals surface area contributed by atoms with Gasteiger partial charge in [-0.3, -0.25) is 4.79 Å². The van der Waals surface area contributed by atoms with Crippen molar-refractivity contribution < 1.29 is 17.9 Å². The first kappa shape index (κ1) is 19.9. The van der Waals surface area contributed by atoms with Gasteiger partial charge in [0.25, 0.3) is 0 Å². The number of nitrogens with one attached hydrogen (secondary N) is 1. The molecule has 2 aromatic carbocycles. The highest BCUT2D eigenvalue weighted by Crippen LogP contribution is 2.21. The molecule has 0 heterocycles. The first-order valence-electron chi connectivity index (χ1n) is 8.25. The van der Waals surface area contributed by atoms with Gasteiger partial charge in [-0.25, -0.2) is 13.1 Å². The lowest BCUT2D eigenvalue weighted by Gasteiger charge is -2.17. The molecule has 0 unspecified atom stereocenters. The number of carbonyl (C=O) groups excluding carboxylic acids is 1. The quantitative estimate of drug-likeness (QED) is 0.767. The molecule has 0 saturated carbocycles. The molecule has 0 spiro atoms. The molecule has 0 saturated heterocycles. The number of benzene rings is 2. The van der Waals surface area contributed by atoms with Crippen LogP contribution in [0.1, 0.15) is 17.5 Å². The summed E-state index contributed by atoms with van der Waals surface area (Å²) in [4.78, 5) is 13.9. The molecular weight excluding hydrogens is 352 g/mol. The Morgan fingerprint density at radius 1 is 1.15 bits per heavy atom. The van der Waals surface area contributed by atoms with Crippen LogP contribution in [0, 0.1) is 6.92 Å². The van der Waals surface area contributed by atoms with Crippen molar-refractivity contribution in [3.05, 3.63) is 59.7 Å². The third-order valence-electron chi connectivity index (χ3n) is 4.00. The Morgan fingerprint density at radius 2 is 1.85 bits per heavy atom. The number of carbonyl (C=O) groups is 1. The Balaban J connectivity index is 1.89. The van der Waals surface area contributed by atoms with Gasteiger partial charge in [-0.05, 0) is 36.2 Å². The molecule has 0 fully saturated rings. The number of methoxy groups -OCH3 is 1. The minimum Gasteiger partial charge on any atom is -0.496 e. The van der Waals surface area contributed by atoms with Gasteiger partial charge in [0.15, 0.2) is 0 Å². The number of hydrogen-bond acceptors (Lipinski definition) is 4. The Labute approximate surface area is 154 Å². The van der Waals surface area contributed by atoms with Gasteiger partial charge in [-0.2, -0.15) is 0 Å². The van der Waals surface area contributed by atoms with E-state index in [-0.39, 0.29) is 23.8 Å². The molecule has 26 heavy (non-hydrogen) atoms. The predicted molar refractivity (Wildman–Crippen MR) is 100 cm³/mol. The van der Waals surface area contributed by atoms with Crippen LogP contribution in [0.15, 0.2) is 53.4 Å². The smallest absolute Gasteiger partial charge is 0.240 e. The zero-order chi connectivity index (χ0) is 19.2. The van der Waals surface area contributed by atoms with Crippen LogP contribution in [0.3, 0.4) is 0 Å². The van der Waals surface area contributed by atoms with Gasteiger partial charge in [0, 0.05) is 26.6 Å². The molecule has 0 aliphatic carbocycles. The highest BCUT2D eigenvalue weighted by Gasteiger charge is 2.16. The maximum Gasteiger partial charge on any atom is 0.240 e. The van der Waals surface area contributed by atoms with Crippen LogP contribution in [-0.4, -0.2) is 39.9 Å². The highest BCUT2D eigenvalue weighted by atomic mass is 32.2. The van der Waals surface area contributed by atoms with Crippen molar-refractivity contribution >= 4 is 15.9 Å². The van der Waals surface area contributed by atoms with Crippen LogP contribution in [0.4, 0.5) is 0 Å². The monoisotopic (exact) mass is 376 g/mol. The van der Waals surface area contributed by atoms with E-state index in [0.717, 1.165) is 11.1 Å². The maximum absolute atomic E-state index is 12.3. The molecule has 0 aromatic heterocycles. The van der Waals surface area contributed by atoms with Gasteiger partial charge in [-0.15, -0.1) is 0 Å². The predicted octanol–water partition coefficient (Wildman–Crippen LogP) is 2.33. The zero-order valence-electron chi connectivity index (χ0n) is 15.2. The molecule has 140 valence electrons. The van der Waals surface area contributed by atoms with E-state index in [1.165, 1.54) is 13.2 Å². The molecule has 0 aliphatic heterocycles. The molecule has 6 nitrogen and oxygen atoms in total. The van der Waals surface area contributed by atoms with E-state index in [4.69, 9.17) is 4.74 Å². The number of rotatable bonds is 8. The summed E-state index contributed by atoms with van der Waals surface area (Å²) in [5.41, 5.74) is 1.76. The van der Waals surface area contributed by atoms with Crippen LogP contribution in [0.5, 0.6) is 5.75 Å². The first-order chi connectivity index (χ1) is 12.3. The molecular formula is C19H24N2O4S. The largest absolute Gasteiger partial charge is 0.496 e. The molecule has 0 atom stereocenters. The number of nitrogens with zero attached hydrogens (tertiary/aromatic N) is 1. The lowest BCUT2D eigenvalue weighted by molar-refractivity contribution is -0.130. The molecule has 2 rings (SSSR count). The summed E-state index contributed by atoms with van der Waals surface area (Å²) >= 11 is 0. The molecule has 7 heteroatoms. The van der Waals surface area contributed by atoms with Gasteiger partial charge in [0.2, 0.25) is 15.9 Å². The normalized spacial score (nSPS) is 11.2. The van der Waals surface area contributed by atoms with E-state index in [1.54, 1.807) is 31.0 Å². The summed E-state index contributed by atoms with van der Waals surface area (Å²) in [6.45, 7) is 2.31. The summed E-state index contributed by atoms with van der Waals surface area (Å²) in [6, 6.07) is 14.3. The minimum absolute atomic E-state index is 0.0470. The van der Waals surface area contributed by atoms with Crippen LogP contribution < -0.4 is 9.46 Å². The first-order valence-corrected chi connectivity index (χ1v) is 9.74. The van der Waals surface area contributed by atoms with Gasteiger partial charge >= 0.3 is 0 Å². The van der Waals surface area contributed by atoms with Crippen LogP contribution in [0.25, 0.3) is 0 Å². The SMILES string of the molecule is COc1ccc(S(=O)(=O)NCCC(=O)N(C)Cc2ccccc2)cc1C. The molecule has 2 aromatic rings. The zero-order valence-corrected chi connectivity index (χ0v) is 16.0. The van der Waals surface area contributed by atoms with E-state index in [9.17, 15) is 13.2 Å². The average Bonchev–Trinajstić information content (AvgIpc) is 2.62. The second-order valence-electron chi connectivity index (χ2n) is 6.01. The molecule has 0 bridgehead atoms. The Hall–Kier alpha value is -2.38. The Kier molecular flexibility index (Phi) is 6.76. The standard InChI is InChI=1S/C19H24N2O4S/c1-15-13-17(9-10-18(15)25-3)26(23,24)20-12-11-19(22)21(2)14-16-7-5-4-6-8-16/h4-10,13,20H,11-12,14H2,1-3H3. The van der Waals surface area contributed by atoms with E-state index in [2.05, 4.69) is 4.72 Å². The van der Waals surface area contributed by atoms with Crippen LogP contribution in [-0.2, 0) is 21.4 Å². The van der Waals surface area contributed by atoms with Gasteiger partial charge < -0.3 is 9.64 Å². The van der Waals surface area contributed by atoms with Crippen molar-refractivity contribution in [1.82, 2.24) is 9.62 Å². The summed E-state index contributed by atoms with van der Waals surface area (Å²) in [6.07, 6.45) is 0.0949. The van der Waals surface area contributed by atoms with E-state index in [0.29, 0.717) is 12.3 Å². The summed E-state index contributed by atoms with van der Waals surface area (Å²) in [5.74, 6) is 0.504. The van der Waals surface area contributed by atoms with Crippen LogP contribution >= 0.6 is 0 Å². The summed E-state index contributed by atoms with van der Waals surface area (Å²) in [5, 5.41) is 0. The van der Waals surface area contributed by atoms with E-state index in [1.807, 2.05) is 30.3 Å². The fraction of sp³-hybridized carbons (Fsp3) is 0.316. The van der Waals surface area contributed by atoms with Crippen molar-refractivity contribution in [2.24, 2.45) is 0 Å². The molecule has 0 radical (unpaired) electrons. The van der Waals surface area contributed by atoms with Crippen molar-refractivity contribution in [1.29, 1.82) is 0 Å². The van der Waals surface area contributed by atoms with Crippen molar-refractivity contribution in [3.63, 3.8) is 0 Å². The van der Waals surface area contributed by atoms with Gasteiger partial charge in [-0.1, -0.05) is 30.3 Å². The second kappa shape index (κ2) is 8.82. The third kappa shape index (κ3) is 5.31. The Morgan fingerprint density at radius 3 is 2.46 bits per heavy atom. The fourth-order valence-electron chi connectivity index (χ4n) is 2.53. The number of aryl methyl sites for hydroxylation is 1. The van der Waals surface area contributed by atoms with Crippen molar-refractivity contribution in [2.45, 2.75) is 24.8 Å². The highest BCUT2D eigenvalue weighted by molar-refractivity contribution is 7.89. The number of hydrogen-bond donors (Lipinski definition) is 1. The minimum atomic E-state index is -3.66. The topological polar surface area (TPSA) is 75.7 Å². The van der Waals surface area contributed by atoms with E-state index >= 15 is 0 Å². The van der Waals surface area contributed by atoms with Crippen molar-refractivity contribution in [3.8, 4) is 5.75 Å². The molecule has 1 amide bonds. The van der Waals surface area contributed by atoms with Gasteiger partial charge in [0.05, 0.1) is 12.0 Å². The van der Waals surface area contributed by atoms with E-state index < -0.39 is 10.0 Å². The lowest BCUT2D eigenvalue weighted by atomic mass is 10.2.